The van der Waals surface area contributed by atoms with Crippen LogP contribution in [0.2, 0.25) is 15.1 Å². The van der Waals surface area contributed by atoms with E-state index in [0.29, 0.717) is 27.2 Å². The number of rotatable bonds is 2. The molecule has 3 aromatic rings. The van der Waals surface area contributed by atoms with Crippen molar-refractivity contribution < 1.29 is 4.79 Å². The summed E-state index contributed by atoms with van der Waals surface area (Å²) in [6, 6.07) is 20.7. The molecular formula is C22H16Cl3NO. The Bertz CT molecular complexity index is 980. The first kappa shape index (κ1) is 18.4. The van der Waals surface area contributed by atoms with E-state index in [1.807, 2.05) is 41.3 Å². The summed E-state index contributed by atoms with van der Waals surface area (Å²) in [7, 11) is 0. The molecule has 0 saturated carbocycles. The second-order valence-corrected chi connectivity index (χ2v) is 7.87. The van der Waals surface area contributed by atoms with Crippen LogP contribution in [0.15, 0.2) is 66.7 Å². The summed E-state index contributed by atoms with van der Waals surface area (Å²) >= 11 is 18.3. The van der Waals surface area contributed by atoms with Gasteiger partial charge in [-0.2, -0.15) is 0 Å². The molecule has 1 heterocycles. The lowest BCUT2D eigenvalue weighted by Gasteiger charge is -2.38. The quantitative estimate of drug-likeness (QED) is 0.471. The Kier molecular flexibility index (Phi) is 5.14. The molecule has 0 saturated heterocycles. The Hall–Kier alpha value is -2.00. The van der Waals surface area contributed by atoms with Crippen LogP contribution in [0.4, 0.5) is 0 Å². The number of hydrogen-bond acceptors (Lipinski definition) is 1. The maximum absolute atomic E-state index is 13.3. The first-order chi connectivity index (χ1) is 13.0. The molecular weight excluding hydrogens is 401 g/mol. The van der Waals surface area contributed by atoms with Gasteiger partial charge in [0.1, 0.15) is 0 Å². The third-order valence-electron chi connectivity index (χ3n) is 4.84. The van der Waals surface area contributed by atoms with E-state index < -0.39 is 0 Å². The van der Waals surface area contributed by atoms with Crippen LogP contribution in [-0.4, -0.2) is 17.4 Å². The van der Waals surface area contributed by atoms with Crippen LogP contribution in [0.5, 0.6) is 0 Å². The molecule has 1 aliphatic heterocycles. The smallest absolute Gasteiger partial charge is 0.254 e. The molecule has 1 atom stereocenters. The molecule has 0 N–H and O–H groups in total. The summed E-state index contributed by atoms with van der Waals surface area (Å²) in [5.74, 6) is -0.0890. The van der Waals surface area contributed by atoms with Gasteiger partial charge in [-0.05, 0) is 53.4 Å². The summed E-state index contributed by atoms with van der Waals surface area (Å²) in [6.45, 7) is 0.618. The zero-order valence-electron chi connectivity index (χ0n) is 14.3. The molecule has 4 rings (SSSR count). The van der Waals surface area contributed by atoms with Gasteiger partial charge in [0.25, 0.3) is 5.91 Å². The highest BCUT2D eigenvalue weighted by Crippen LogP contribution is 2.37. The maximum Gasteiger partial charge on any atom is 0.254 e. The van der Waals surface area contributed by atoms with Gasteiger partial charge in [-0.15, -0.1) is 0 Å². The van der Waals surface area contributed by atoms with Crippen LogP contribution < -0.4 is 0 Å². The minimum absolute atomic E-state index is 0.0890. The van der Waals surface area contributed by atoms with Gasteiger partial charge < -0.3 is 4.90 Å². The largest absolute Gasteiger partial charge is 0.327 e. The van der Waals surface area contributed by atoms with E-state index in [2.05, 4.69) is 12.1 Å². The van der Waals surface area contributed by atoms with Crippen molar-refractivity contribution in [2.75, 3.05) is 6.54 Å². The fraction of sp³-hybridized carbons (Fsp3) is 0.136. The normalized spacial score (nSPS) is 16.1. The van der Waals surface area contributed by atoms with Crippen molar-refractivity contribution in [1.82, 2.24) is 4.90 Å². The number of nitrogens with zero attached hydrogens (tertiary/aromatic N) is 1. The summed E-state index contributed by atoms with van der Waals surface area (Å²) < 4.78 is 0. The molecule has 1 aliphatic rings. The molecule has 0 bridgehead atoms. The fourth-order valence-corrected chi connectivity index (χ4v) is 4.29. The zero-order chi connectivity index (χ0) is 19.0. The van der Waals surface area contributed by atoms with Crippen molar-refractivity contribution in [2.24, 2.45) is 0 Å². The average molecular weight is 417 g/mol. The van der Waals surface area contributed by atoms with Crippen LogP contribution in [0.1, 0.15) is 33.1 Å². The fourth-order valence-electron chi connectivity index (χ4n) is 3.63. The number of halogens is 3. The summed E-state index contributed by atoms with van der Waals surface area (Å²) in [6.07, 6.45) is 0.806. The monoisotopic (exact) mass is 415 g/mol. The number of carbonyl (C=O) groups is 1. The summed E-state index contributed by atoms with van der Waals surface area (Å²) in [5.41, 5.74) is 3.90. The van der Waals surface area contributed by atoms with Crippen molar-refractivity contribution in [3.8, 4) is 0 Å². The minimum atomic E-state index is -0.183. The van der Waals surface area contributed by atoms with Gasteiger partial charge in [-0.1, -0.05) is 71.2 Å². The SMILES string of the molecule is O=C(c1cc(Cl)cc(Cl)c1)N1CCc2ccccc2[C@H]1c1ccc(Cl)cc1. The topological polar surface area (TPSA) is 20.3 Å². The molecule has 136 valence electrons. The van der Waals surface area contributed by atoms with E-state index in [9.17, 15) is 4.79 Å². The zero-order valence-corrected chi connectivity index (χ0v) is 16.6. The first-order valence-electron chi connectivity index (χ1n) is 8.63. The number of carbonyl (C=O) groups excluding carboxylic acids is 1. The van der Waals surface area contributed by atoms with Gasteiger partial charge in [-0.25, -0.2) is 0 Å². The van der Waals surface area contributed by atoms with Crippen LogP contribution in [0, 0.1) is 0 Å². The van der Waals surface area contributed by atoms with Crippen molar-refractivity contribution in [2.45, 2.75) is 12.5 Å². The molecule has 0 unspecified atom stereocenters. The number of hydrogen-bond donors (Lipinski definition) is 0. The molecule has 0 spiro atoms. The van der Waals surface area contributed by atoms with Gasteiger partial charge in [0.15, 0.2) is 0 Å². The third-order valence-corrected chi connectivity index (χ3v) is 5.53. The molecule has 5 heteroatoms. The van der Waals surface area contributed by atoms with Gasteiger partial charge in [0, 0.05) is 27.2 Å². The van der Waals surface area contributed by atoms with Gasteiger partial charge in [0.05, 0.1) is 6.04 Å². The van der Waals surface area contributed by atoms with Crippen molar-refractivity contribution in [1.29, 1.82) is 0 Å². The highest BCUT2D eigenvalue weighted by Gasteiger charge is 2.32. The number of fused-ring (bicyclic) bond motifs is 1. The standard InChI is InChI=1S/C22H16Cl3NO/c23-17-7-5-15(6-8-17)21-20-4-2-1-3-14(20)9-10-26(21)22(27)16-11-18(24)13-19(25)12-16/h1-8,11-13,21H,9-10H2/t21-/m1/s1. The predicted octanol–water partition coefficient (Wildman–Crippen LogP) is 6.43. The van der Waals surface area contributed by atoms with Crippen molar-refractivity contribution >= 4 is 40.7 Å². The highest BCUT2D eigenvalue weighted by molar-refractivity contribution is 6.35. The molecule has 2 nitrogen and oxygen atoms in total. The highest BCUT2D eigenvalue weighted by atomic mass is 35.5. The Morgan fingerprint density at radius 3 is 2.22 bits per heavy atom. The minimum Gasteiger partial charge on any atom is -0.327 e. The van der Waals surface area contributed by atoms with E-state index in [-0.39, 0.29) is 11.9 Å². The Morgan fingerprint density at radius 1 is 0.852 bits per heavy atom. The molecule has 27 heavy (non-hydrogen) atoms. The Morgan fingerprint density at radius 2 is 1.52 bits per heavy atom. The van der Waals surface area contributed by atoms with Crippen molar-refractivity contribution in [3.63, 3.8) is 0 Å². The lowest BCUT2D eigenvalue weighted by molar-refractivity contribution is 0.0694. The summed E-state index contributed by atoms with van der Waals surface area (Å²) in [5, 5.41) is 1.57. The second-order valence-electron chi connectivity index (χ2n) is 6.56. The van der Waals surface area contributed by atoms with Crippen molar-refractivity contribution in [3.05, 3.63) is 104 Å². The van der Waals surface area contributed by atoms with E-state index >= 15 is 0 Å². The van der Waals surface area contributed by atoms with Crippen LogP contribution in [0.25, 0.3) is 0 Å². The lowest BCUT2D eigenvalue weighted by atomic mass is 9.87. The molecule has 1 amide bonds. The third kappa shape index (κ3) is 3.70. The molecule has 0 fully saturated rings. The van der Waals surface area contributed by atoms with Crippen LogP contribution in [0.3, 0.4) is 0 Å². The predicted molar refractivity (Wildman–Crippen MR) is 111 cm³/mol. The van der Waals surface area contributed by atoms with Gasteiger partial charge in [0.2, 0.25) is 0 Å². The molecule has 0 radical (unpaired) electrons. The number of amides is 1. The maximum atomic E-state index is 13.3. The number of benzene rings is 3. The Balaban J connectivity index is 1.81. The molecule has 3 aromatic carbocycles. The molecule has 0 aromatic heterocycles. The van der Waals surface area contributed by atoms with E-state index in [4.69, 9.17) is 34.8 Å². The van der Waals surface area contributed by atoms with Gasteiger partial charge in [-0.3, -0.25) is 4.79 Å². The summed E-state index contributed by atoms with van der Waals surface area (Å²) in [4.78, 5) is 15.2. The lowest BCUT2D eigenvalue weighted by Crippen LogP contribution is -2.40. The van der Waals surface area contributed by atoms with E-state index in [0.717, 1.165) is 17.5 Å². The van der Waals surface area contributed by atoms with E-state index in [1.54, 1.807) is 18.2 Å². The van der Waals surface area contributed by atoms with Crippen LogP contribution >= 0.6 is 34.8 Å². The van der Waals surface area contributed by atoms with Crippen LogP contribution in [-0.2, 0) is 6.42 Å². The first-order valence-corrected chi connectivity index (χ1v) is 9.76. The van der Waals surface area contributed by atoms with E-state index in [1.165, 1.54) is 5.56 Å². The molecule has 0 aliphatic carbocycles. The Labute approximate surface area is 173 Å². The average Bonchev–Trinajstić information content (AvgIpc) is 2.66. The second kappa shape index (κ2) is 7.55. The van der Waals surface area contributed by atoms with Gasteiger partial charge >= 0.3 is 0 Å².